The van der Waals surface area contributed by atoms with Crippen molar-refractivity contribution in [3.8, 4) is 0 Å². The summed E-state index contributed by atoms with van der Waals surface area (Å²) in [6, 6.07) is 6.61. The van der Waals surface area contributed by atoms with Crippen LogP contribution in [0.15, 0.2) is 29.8 Å². The molecule has 5 rings (SSSR count). The first-order valence-electron chi connectivity index (χ1n) is 9.62. The number of Topliss-reactive ketones (excluding diaryl/α,β-unsaturated/α-hetero) is 1. The molecule has 4 aliphatic rings. The van der Waals surface area contributed by atoms with Crippen LogP contribution in [0.3, 0.4) is 0 Å². The molecule has 0 amide bonds. The number of hydrogen-bond donors (Lipinski definition) is 0. The summed E-state index contributed by atoms with van der Waals surface area (Å²) in [7, 11) is 0. The molecule has 2 fully saturated rings. The van der Waals surface area contributed by atoms with Crippen molar-refractivity contribution in [2.45, 2.75) is 70.1 Å². The minimum absolute atomic E-state index is 0.0255. The highest BCUT2D eigenvalue weighted by atomic mass is 16.1. The third-order valence-electron chi connectivity index (χ3n) is 7.30. The average Bonchev–Trinajstić information content (AvgIpc) is 3.20. The third-order valence-corrected chi connectivity index (χ3v) is 7.30. The van der Waals surface area contributed by atoms with E-state index in [4.69, 9.17) is 0 Å². The Bertz CT molecular complexity index is 692. The minimum atomic E-state index is -0.0255. The van der Waals surface area contributed by atoms with Crippen molar-refractivity contribution in [2.75, 3.05) is 0 Å². The van der Waals surface area contributed by atoms with Gasteiger partial charge in [-0.15, -0.1) is 0 Å². The van der Waals surface area contributed by atoms with Crippen LogP contribution in [-0.2, 0) is 6.42 Å². The summed E-state index contributed by atoms with van der Waals surface area (Å²) in [4.78, 5) is 13.4. The zero-order chi connectivity index (χ0) is 15.4. The van der Waals surface area contributed by atoms with Crippen LogP contribution in [0.5, 0.6) is 0 Å². The molecule has 1 aromatic rings. The predicted molar refractivity (Wildman–Crippen MR) is 92.8 cm³/mol. The number of benzene rings is 1. The maximum Gasteiger partial charge on any atom is 0.169 e. The smallest absolute Gasteiger partial charge is 0.169 e. The molecule has 1 heteroatoms. The predicted octanol–water partition coefficient (Wildman–Crippen LogP) is 5.59. The van der Waals surface area contributed by atoms with Gasteiger partial charge in [0.25, 0.3) is 0 Å². The van der Waals surface area contributed by atoms with Gasteiger partial charge in [-0.1, -0.05) is 49.1 Å². The molecular weight excluding hydrogens is 280 g/mol. The van der Waals surface area contributed by atoms with Gasteiger partial charge in [0.05, 0.1) is 0 Å². The fourth-order valence-corrected chi connectivity index (χ4v) is 6.09. The number of fused-ring (bicyclic) bond motifs is 4. The Morgan fingerprint density at radius 1 is 1.09 bits per heavy atom. The molecule has 2 atom stereocenters. The van der Waals surface area contributed by atoms with Gasteiger partial charge in [0, 0.05) is 11.0 Å². The molecule has 0 saturated heterocycles. The molecule has 2 unspecified atom stereocenters. The van der Waals surface area contributed by atoms with Crippen LogP contribution < -0.4 is 0 Å². The Morgan fingerprint density at radius 2 is 1.96 bits per heavy atom. The molecular formula is C22H26O. The number of carbonyl (C=O) groups excluding carboxylic acids is 1. The standard InChI is InChI=1S/C22H26O/c23-21-20-8-4-7-18(16-5-2-1-3-6-16)19(20)11-12-22(21)14-15-9-10-17(22)13-15/h4,7-9,16-17H,1-3,5-6,10-14H2. The van der Waals surface area contributed by atoms with E-state index in [2.05, 4.69) is 24.3 Å². The monoisotopic (exact) mass is 306 g/mol. The van der Waals surface area contributed by atoms with Crippen molar-refractivity contribution >= 4 is 5.78 Å². The van der Waals surface area contributed by atoms with Crippen molar-refractivity contribution in [3.05, 3.63) is 46.5 Å². The van der Waals surface area contributed by atoms with Gasteiger partial charge in [-0.3, -0.25) is 4.79 Å². The molecule has 0 N–H and O–H groups in total. The Hall–Kier alpha value is -1.37. The molecule has 2 saturated carbocycles. The lowest BCUT2D eigenvalue weighted by Crippen LogP contribution is -2.40. The van der Waals surface area contributed by atoms with E-state index < -0.39 is 0 Å². The van der Waals surface area contributed by atoms with Gasteiger partial charge in [0.15, 0.2) is 5.78 Å². The Kier molecular flexibility index (Phi) is 3.08. The van der Waals surface area contributed by atoms with E-state index in [9.17, 15) is 4.79 Å². The highest BCUT2D eigenvalue weighted by molar-refractivity contribution is 6.04. The van der Waals surface area contributed by atoms with Gasteiger partial charge in [-0.25, -0.2) is 0 Å². The van der Waals surface area contributed by atoms with Crippen molar-refractivity contribution in [1.82, 2.24) is 0 Å². The van der Waals surface area contributed by atoms with Crippen LogP contribution in [0.2, 0.25) is 0 Å². The normalized spacial score (nSPS) is 33.1. The molecule has 4 aliphatic carbocycles. The van der Waals surface area contributed by atoms with E-state index in [0.717, 1.165) is 31.2 Å². The second kappa shape index (κ2) is 5.06. The topological polar surface area (TPSA) is 17.1 Å². The van der Waals surface area contributed by atoms with Gasteiger partial charge in [0.2, 0.25) is 0 Å². The van der Waals surface area contributed by atoms with Gasteiger partial charge in [0.1, 0.15) is 0 Å². The summed E-state index contributed by atoms with van der Waals surface area (Å²) in [5.74, 6) is 1.81. The summed E-state index contributed by atoms with van der Waals surface area (Å²) < 4.78 is 0. The Labute approximate surface area is 139 Å². The largest absolute Gasteiger partial charge is 0.294 e. The highest BCUT2D eigenvalue weighted by Gasteiger charge is 2.54. The Balaban J connectivity index is 1.54. The molecule has 1 nitrogen and oxygen atoms in total. The van der Waals surface area contributed by atoms with Crippen molar-refractivity contribution < 1.29 is 4.79 Å². The van der Waals surface area contributed by atoms with Crippen LogP contribution >= 0.6 is 0 Å². The summed E-state index contributed by atoms with van der Waals surface area (Å²) in [5, 5.41) is 0. The molecule has 120 valence electrons. The maximum atomic E-state index is 13.4. The summed E-state index contributed by atoms with van der Waals surface area (Å²) in [5.41, 5.74) is 5.57. The Morgan fingerprint density at radius 3 is 2.70 bits per heavy atom. The number of rotatable bonds is 1. The van der Waals surface area contributed by atoms with Crippen LogP contribution in [0.4, 0.5) is 0 Å². The maximum absolute atomic E-state index is 13.4. The number of allylic oxidation sites excluding steroid dienone is 2. The molecule has 0 radical (unpaired) electrons. The molecule has 1 spiro atoms. The second-order valence-electron chi connectivity index (χ2n) is 8.37. The van der Waals surface area contributed by atoms with Crippen LogP contribution in [0, 0.1) is 11.3 Å². The molecule has 2 bridgehead atoms. The zero-order valence-corrected chi connectivity index (χ0v) is 13.9. The van der Waals surface area contributed by atoms with Crippen molar-refractivity contribution in [1.29, 1.82) is 0 Å². The molecule has 23 heavy (non-hydrogen) atoms. The third kappa shape index (κ3) is 1.95. The first-order chi connectivity index (χ1) is 11.3. The quantitative estimate of drug-likeness (QED) is 0.618. The van der Waals surface area contributed by atoms with E-state index >= 15 is 0 Å². The minimum Gasteiger partial charge on any atom is -0.294 e. The summed E-state index contributed by atoms with van der Waals surface area (Å²) >= 11 is 0. The second-order valence-corrected chi connectivity index (χ2v) is 8.37. The SMILES string of the molecule is O=C1c2cccc(C3CCCCC3)c2CCC12CC1=CCC2C1. The molecule has 0 aliphatic heterocycles. The van der Waals surface area contributed by atoms with E-state index in [1.165, 1.54) is 49.7 Å². The average molecular weight is 306 g/mol. The highest BCUT2D eigenvalue weighted by Crippen LogP contribution is 2.58. The number of carbonyl (C=O) groups is 1. The molecule has 0 heterocycles. The lowest BCUT2D eigenvalue weighted by atomic mass is 9.62. The zero-order valence-electron chi connectivity index (χ0n) is 13.9. The van der Waals surface area contributed by atoms with Crippen molar-refractivity contribution in [3.63, 3.8) is 0 Å². The fourth-order valence-electron chi connectivity index (χ4n) is 6.09. The lowest BCUT2D eigenvalue weighted by Gasteiger charge is -2.40. The van der Waals surface area contributed by atoms with Crippen LogP contribution in [0.25, 0.3) is 0 Å². The fraction of sp³-hybridized carbons (Fsp3) is 0.591. The number of hydrogen-bond acceptors (Lipinski definition) is 1. The van der Waals surface area contributed by atoms with E-state index in [-0.39, 0.29) is 5.41 Å². The summed E-state index contributed by atoms with van der Waals surface area (Å²) in [6.45, 7) is 0. The van der Waals surface area contributed by atoms with Gasteiger partial charge in [-0.2, -0.15) is 0 Å². The molecule has 0 aromatic heterocycles. The summed E-state index contributed by atoms with van der Waals surface area (Å²) in [6.07, 6.45) is 14.8. The van der Waals surface area contributed by atoms with Crippen molar-refractivity contribution in [2.24, 2.45) is 11.3 Å². The van der Waals surface area contributed by atoms with Crippen LogP contribution in [-0.4, -0.2) is 5.78 Å². The first kappa shape index (κ1) is 14.0. The molecule has 1 aromatic carbocycles. The van der Waals surface area contributed by atoms with E-state index in [0.29, 0.717) is 17.6 Å². The number of ketones is 1. The van der Waals surface area contributed by atoms with Gasteiger partial charge in [-0.05, 0) is 67.9 Å². The first-order valence-corrected chi connectivity index (χ1v) is 9.62. The van der Waals surface area contributed by atoms with Gasteiger partial charge < -0.3 is 0 Å². The van der Waals surface area contributed by atoms with Crippen LogP contribution in [0.1, 0.15) is 85.2 Å². The van der Waals surface area contributed by atoms with Gasteiger partial charge >= 0.3 is 0 Å². The van der Waals surface area contributed by atoms with E-state index in [1.54, 1.807) is 5.57 Å². The van der Waals surface area contributed by atoms with E-state index in [1.807, 2.05) is 0 Å². The lowest BCUT2D eigenvalue weighted by molar-refractivity contribution is 0.0670.